The minimum absolute atomic E-state index is 0.0212. The predicted octanol–water partition coefficient (Wildman–Crippen LogP) is 3.94. The van der Waals surface area contributed by atoms with Gasteiger partial charge in [-0.3, -0.25) is 9.59 Å². The molecular formula is C25H33N3O4. The van der Waals surface area contributed by atoms with Gasteiger partial charge in [0.1, 0.15) is 12.4 Å². The highest BCUT2D eigenvalue weighted by Crippen LogP contribution is 2.37. The highest BCUT2D eigenvalue weighted by atomic mass is 16.5. The van der Waals surface area contributed by atoms with Crippen molar-refractivity contribution in [2.24, 2.45) is 5.41 Å². The number of para-hydroxylation sites is 1. The van der Waals surface area contributed by atoms with Crippen molar-refractivity contribution in [2.75, 3.05) is 26.2 Å². The molecule has 2 amide bonds. The number of nitrogens with one attached hydrogen (secondary N) is 1. The molecule has 172 valence electrons. The van der Waals surface area contributed by atoms with Gasteiger partial charge in [0.15, 0.2) is 0 Å². The molecular weight excluding hydrogens is 406 g/mol. The SMILES string of the molecule is CC(C)c1cc(C(=O)N2CCCC3(CCCCc4ccccc4OCCNC3=O)C2)on1. The quantitative estimate of drug-likeness (QED) is 0.766. The summed E-state index contributed by atoms with van der Waals surface area (Å²) in [6, 6.07) is 9.84. The number of piperidine rings is 1. The van der Waals surface area contributed by atoms with E-state index in [9.17, 15) is 9.59 Å². The second-order valence-corrected chi connectivity index (χ2v) is 9.30. The van der Waals surface area contributed by atoms with E-state index in [0.29, 0.717) is 26.2 Å². The number of hydrogen-bond donors (Lipinski definition) is 1. The smallest absolute Gasteiger partial charge is 0.292 e. The van der Waals surface area contributed by atoms with Crippen LogP contribution in [0, 0.1) is 5.41 Å². The Bertz CT molecular complexity index is 954. The van der Waals surface area contributed by atoms with Crippen LogP contribution in [-0.4, -0.2) is 48.1 Å². The fourth-order valence-corrected chi connectivity index (χ4v) is 4.77. The van der Waals surface area contributed by atoms with Gasteiger partial charge in [0.25, 0.3) is 5.91 Å². The topological polar surface area (TPSA) is 84.7 Å². The number of carbonyl (C=O) groups is 2. The van der Waals surface area contributed by atoms with Crippen molar-refractivity contribution >= 4 is 11.8 Å². The number of hydrogen-bond acceptors (Lipinski definition) is 5. The van der Waals surface area contributed by atoms with Crippen LogP contribution in [-0.2, 0) is 11.2 Å². The Hall–Kier alpha value is -2.83. The van der Waals surface area contributed by atoms with Gasteiger partial charge in [0, 0.05) is 19.2 Å². The van der Waals surface area contributed by atoms with Gasteiger partial charge in [-0.15, -0.1) is 0 Å². The monoisotopic (exact) mass is 439 g/mol. The van der Waals surface area contributed by atoms with Crippen LogP contribution in [0.2, 0.25) is 0 Å². The van der Waals surface area contributed by atoms with E-state index in [0.717, 1.165) is 50.0 Å². The molecule has 1 saturated heterocycles. The molecule has 0 aliphatic carbocycles. The number of rotatable bonds is 2. The molecule has 1 N–H and O–H groups in total. The summed E-state index contributed by atoms with van der Waals surface area (Å²) in [5, 5.41) is 7.10. The van der Waals surface area contributed by atoms with E-state index >= 15 is 0 Å². The minimum atomic E-state index is -0.576. The van der Waals surface area contributed by atoms with Crippen LogP contribution in [0.3, 0.4) is 0 Å². The molecule has 4 rings (SSSR count). The van der Waals surface area contributed by atoms with Crippen LogP contribution in [0.15, 0.2) is 34.9 Å². The van der Waals surface area contributed by atoms with Crippen molar-refractivity contribution in [3.05, 3.63) is 47.3 Å². The van der Waals surface area contributed by atoms with E-state index in [2.05, 4.69) is 16.5 Å². The van der Waals surface area contributed by atoms with Crippen LogP contribution in [0.1, 0.15) is 73.7 Å². The first-order valence-corrected chi connectivity index (χ1v) is 11.7. The Morgan fingerprint density at radius 1 is 1.19 bits per heavy atom. The summed E-state index contributed by atoms with van der Waals surface area (Å²) in [4.78, 5) is 28.2. The average molecular weight is 440 g/mol. The summed E-state index contributed by atoms with van der Waals surface area (Å²) in [5.74, 6) is 1.19. The normalized spacial score (nSPS) is 22.5. The summed E-state index contributed by atoms with van der Waals surface area (Å²) in [6.07, 6.45) is 5.16. The molecule has 2 aromatic rings. The lowest BCUT2D eigenvalue weighted by Gasteiger charge is -2.41. The lowest BCUT2D eigenvalue weighted by atomic mass is 9.74. The number of fused-ring (bicyclic) bond motifs is 1. The summed E-state index contributed by atoms with van der Waals surface area (Å²) in [6.45, 7) is 5.94. The summed E-state index contributed by atoms with van der Waals surface area (Å²) in [7, 11) is 0. The number of amides is 2. The fraction of sp³-hybridized carbons (Fsp3) is 0.560. The van der Waals surface area contributed by atoms with Crippen LogP contribution in [0.25, 0.3) is 0 Å². The van der Waals surface area contributed by atoms with Crippen molar-refractivity contribution < 1.29 is 18.8 Å². The Balaban J connectivity index is 1.48. The lowest BCUT2D eigenvalue weighted by Crippen LogP contribution is -2.54. The lowest BCUT2D eigenvalue weighted by molar-refractivity contribution is -0.134. The highest BCUT2D eigenvalue weighted by Gasteiger charge is 2.43. The van der Waals surface area contributed by atoms with E-state index in [1.54, 1.807) is 11.0 Å². The van der Waals surface area contributed by atoms with Gasteiger partial charge in [0.2, 0.25) is 11.7 Å². The molecule has 7 nitrogen and oxygen atoms in total. The van der Waals surface area contributed by atoms with Gasteiger partial charge in [0.05, 0.1) is 17.7 Å². The average Bonchev–Trinajstić information content (AvgIpc) is 3.30. The summed E-state index contributed by atoms with van der Waals surface area (Å²) in [5.41, 5.74) is 1.40. The maximum atomic E-state index is 13.3. The van der Waals surface area contributed by atoms with E-state index in [1.807, 2.05) is 32.0 Å². The van der Waals surface area contributed by atoms with Crippen LogP contribution in [0.5, 0.6) is 5.75 Å². The van der Waals surface area contributed by atoms with Crippen LogP contribution < -0.4 is 10.1 Å². The molecule has 32 heavy (non-hydrogen) atoms. The summed E-state index contributed by atoms with van der Waals surface area (Å²) >= 11 is 0. The first kappa shape index (κ1) is 22.4. The third-order valence-electron chi connectivity index (χ3n) is 6.65. The molecule has 3 heterocycles. The molecule has 2 aliphatic heterocycles. The standard InChI is InChI=1S/C25H33N3O4/c1-18(2)20-16-22(32-27-20)23(29)28-14-7-12-25(17-28)11-6-5-9-19-8-3-4-10-21(19)31-15-13-26-24(25)30/h3-4,8,10,16,18H,5-7,9,11-15,17H2,1-2H3,(H,26,30). The van der Waals surface area contributed by atoms with Crippen molar-refractivity contribution in [3.63, 3.8) is 0 Å². The Morgan fingerprint density at radius 2 is 2.00 bits per heavy atom. The van der Waals surface area contributed by atoms with Gasteiger partial charge in [-0.25, -0.2) is 0 Å². The first-order chi connectivity index (χ1) is 15.5. The molecule has 1 unspecified atom stereocenters. The third kappa shape index (κ3) is 4.81. The maximum absolute atomic E-state index is 13.3. The predicted molar refractivity (Wildman–Crippen MR) is 121 cm³/mol. The number of aromatic nitrogens is 1. The number of ether oxygens (including phenoxy) is 1. The second-order valence-electron chi connectivity index (χ2n) is 9.30. The number of benzene rings is 1. The van der Waals surface area contributed by atoms with Gasteiger partial charge >= 0.3 is 0 Å². The zero-order chi connectivity index (χ0) is 22.6. The molecule has 7 heteroatoms. The van der Waals surface area contributed by atoms with Crippen molar-refractivity contribution in [3.8, 4) is 5.75 Å². The number of carbonyl (C=O) groups excluding carboxylic acids is 2. The highest BCUT2D eigenvalue weighted by molar-refractivity contribution is 5.92. The first-order valence-electron chi connectivity index (χ1n) is 11.7. The minimum Gasteiger partial charge on any atom is -0.491 e. The molecule has 1 aromatic carbocycles. The second kappa shape index (κ2) is 9.76. The largest absolute Gasteiger partial charge is 0.491 e. The van der Waals surface area contributed by atoms with Crippen molar-refractivity contribution in [1.82, 2.24) is 15.4 Å². The third-order valence-corrected chi connectivity index (χ3v) is 6.65. The van der Waals surface area contributed by atoms with E-state index in [4.69, 9.17) is 9.26 Å². The molecule has 0 radical (unpaired) electrons. The molecule has 2 aliphatic rings. The Kier molecular flexibility index (Phi) is 6.82. The van der Waals surface area contributed by atoms with Crippen LogP contribution >= 0.6 is 0 Å². The Morgan fingerprint density at radius 3 is 2.81 bits per heavy atom. The zero-order valence-electron chi connectivity index (χ0n) is 19.1. The van der Waals surface area contributed by atoms with E-state index < -0.39 is 5.41 Å². The summed E-state index contributed by atoms with van der Waals surface area (Å²) < 4.78 is 11.3. The molecule has 1 aromatic heterocycles. The van der Waals surface area contributed by atoms with Gasteiger partial charge < -0.3 is 19.5 Å². The molecule has 1 fully saturated rings. The maximum Gasteiger partial charge on any atom is 0.292 e. The van der Waals surface area contributed by atoms with Gasteiger partial charge in [-0.2, -0.15) is 0 Å². The van der Waals surface area contributed by atoms with Gasteiger partial charge in [-0.05, 0) is 49.7 Å². The fourth-order valence-electron chi connectivity index (χ4n) is 4.77. The van der Waals surface area contributed by atoms with Crippen molar-refractivity contribution in [2.45, 2.75) is 58.3 Å². The molecule has 1 atom stereocenters. The van der Waals surface area contributed by atoms with E-state index in [-0.39, 0.29) is 23.5 Å². The molecule has 0 bridgehead atoms. The number of likely N-dealkylation sites (tertiary alicyclic amines) is 1. The number of nitrogens with zero attached hydrogens (tertiary/aromatic N) is 2. The molecule has 0 saturated carbocycles. The van der Waals surface area contributed by atoms with Crippen molar-refractivity contribution in [1.29, 1.82) is 0 Å². The Labute approximate surface area is 189 Å². The van der Waals surface area contributed by atoms with E-state index in [1.165, 1.54) is 5.56 Å². The van der Waals surface area contributed by atoms with Gasteiger partial charge in [-0.1, -0.05) is 43.6 Å². The zero-order valence-corrected chi connectivity index (χ0v) is 19.1. The molecule has 1 spiro atoms. The number of aryl methyl sites for hydroxylation is 1. The van der Waals surface area contributed by atoms with Crippen LogP contribution in [0.4, 0.5) is 0 Å².